The maximum Gasteiger partial charge on any atom is 0.138 e. The number of benzene rings is 6. The first-order valence-electron chi connectivity index (χ1n) is 23.0. The maximum absolute atomic E-state index is 8.72. The Balaban J connectivity index is 0.000000179. The molecule has 6 aromatic carbocycles. The van der Waals surface area contributed by atoms with Crippen molar-refractivity contribution in [3.05, 3.63) is 187 Å². The van der Waals surface area contributed by atoms with Gasteiger partial charge >= 0.3 is 0 Å². The summed E-state index contributed by atoms with van der Waals surface area (Å²) in [5, 5.41) is 0. The normalized spacial score (nSPS) is 14.7. The third kappa shape index (κ3) is 8.07. The predicted molar refractivity (Wildman–Crippen MR) is 235 cm³/mol. The van der Waals surface area contributed by atoms with Gasteiger partial charge in [-0.15, -0.1) is 41.5 Å². The second-order valence-corrected chi connectivity index (χ2v) is 15.0. The minimum atomic E-state index is -2.32. The van der Waals surface area contributed by atoms with Gasteiger partial charge in [-0.3, -0.25) is 0 Å². The topological polar surface area (TPSA) is 47.5 Å². The zero-order chi connectivity index (χ0) is 46.6. The molecule has 59 heavy (non-hydrogen) atoms. The van der Waals surface area contributed by atoms with Crippen LogP contribution in [0.15, 0.2) is 158 Å². The molecule has 0 fully saturated rings. The Hall–Kier alpha value is -6.33. The number of hydrogen-bond acceptors (Lipinski definition) is 5. The van der Waals surface area contributed by atoms with Crippen molar-refractivity contribution in [2.45, 2.75) is 40.8 Å². The van der Waals surface area contributed by atoms with Crippen molar-refractivity contribution in [2.24, 2.45) is 5.41 Å². The number of fused-ring (bicyclic) bond motifs is 4. The van der Waals surface area contributed by atoms with Crippen molar-refractivity contribution in [3.63, 3.8) is 0 Å². The number of rotatable bonds is 5. The molecule has 293 valence electrons. The number of aromatic nitrogens is 2. The molecule has 0 saturated heterocycles. The largest absolute Gasteiger partial charge is 0.497 e. The van der Waals surface area contributed by atoms with Crippen LogP contribution < -0.4 is 14.4 Å². The number of hydrogen-bond donors (Lipinski definition) is 0. The van der Waals surface area contributed by atoms with E-state index in [-0.39, 0.29) is 31.2 Å². The Morgan fingerprint density at radius 3 is 1.93 bits per heavy atom. The van der Waals surface area contributed by atoms with Gasteiger partial charge in [0, 0.05) is 49.2 Å². The number of aryl methyl sites for hydroxylation is 2. The average Bonchev–Trinajstić information content (AvgIpc) is 3.31. The summed E-state index contributed by atoms with van der Waals surface area (Å²) >= 11 is 0. The monoisotopic (exact) mass is 954 g/mol. The molecule has 6 heteroatoms. The molecule has 2 aliphatic rings. The maximum atomic E-state index is 8.72. The van der Waals surface area contributed by atoms with E-state index in [0.29, 0.717) is 50.7 Å². The summed E-state index contributed by atoms with van der Waals surface area (Å²) in [7, 11) is 0. The molecule has 5 nitrogen and oxygen atoms in total. The minimum Gasteiger partial charge on any atom is -0.497 e. The molecule has 0 bridgehead atoms. The summed E-state index contributed by atoms with van der Waals surface area (Å²) in [6, 6.07) is 51.0. The van der Waals surface area contributed by atoms with Crippen LogP contribution in [0.5, 0.6) is 23.0 Å². The number of nitrogens with zero attached hydrogens (tertiary/aromatic N) is 3. The van der Waals surface area contributed by atoms with Gasteiger partial charge in [0.25, 0.3) is 0 Å². The van der Waals surface area contributed by atoms with Gasteiger partial charge in [-0.05, 0) is 82.6 Å². The zero-order valence-corrected chi connectivity index (χ0v) is 34.9. The summed E-state index contributed by atoms with van der Waals surface area (Å²) < 4.78 is 77.5. The van der Waals surface area contributed by atoms with Gasteiger partial charge < -0.3 is 24.3 Å². The third-order valence-electron chi connectivity index (χ3n) is 9.73. The molecule has 0 saturated carbocycles. The molecule has 10 rings (SSSR count). The van der Waals surface area contributed by atoms with Gasteiger partial charge in [0.15, 0.2) is 0 Å². The molecule has 0 N–H and O–H groups in total. The molecule has 2 aromatic heterocycles. The first kappa shape index (κ1) is 30.7. The van der Waals surface area contributed by atoms with E-state index in [1.807, 2.05) is 130 Å². The quantitative estimate of drug-likeness (QED) is 0.161. The molecular weight excluding hydrogens is 903 g/mol. The molecule has 0 unspecified atom stereocenters. The van der Waals surface area contributed by atoms with Crippen LogP contribution in [-0.2, 0) is 26.5 Å². The summed E-state index contributed by atoms with van der Waals surface area (Å²) in [6.45, 7) is 1.08. The fourth-order valence-electron chi connectivity index (χ4n) is 7.17. The van der Waals surface area contributed by atoms with Crippen LogP contribution in [-0.4, -0.2) is 9.97 Å². The van der Waals surface area contributed by atoms with Gasteiger partial charge in [-0.1, -0.05) is 141 Å². The first-order valence-corrected chi connectivity index (χ1v) is 19.0. The van der Waals surface area contributed by atoms with Crippen molar-refractivity contribution in [1.82, 2.24) is 9.97 Å². The van der Waals surface area contributed by atoms with E-state index in [2.05, 4.69) is 27.0 Å². The van der Waals surface area contributed by atoms with E-state index >= 15 is 0 Å². The number of ether oxygens (including phenoxy) is 2. The van der Waals surface area contributed by atoms with E-state index in [9.17, 15) is 0 Å². The van der Waals surface area contributed by atoms with Gasteiger partial charge in [0.1, 0.15) is 11.5 Å². The number of para-hydroxylation sites is 4. The van der Waals surface area contributed by atoms with Crippen LogP contribution in [0.4, 0.5) is 17.1 Å². The molecule has 0 amide bonds. The third-order valence-corrected chi connectivity index (χ3v) is 9.73. The standard InChI is InChI=1S/C28H23N2O2.C25H20N.Ir/c1-28(2,3)17-18-14-15-29-20(16-18)19-12-13-25-26-27(19)32-24-11-7-5-9-22(24)30(26)21-8-4-6-10-23(21)31-25;1-18-13-14-22(15-23(18)20-9-5-3-6-10-20)25-16-24(19(2)17-26-25)21-11-7-4-8-12-21;/h4-11,13-16H,17H2,1-3H3;3-13,15-17H,1-2H3;/q2*-1;/i17D2;1D3,2D3;. The van der Waals surface area contributed by atoms with Crippen molar-refractivity contribution < 1.29 is 40.5 Å². The van der Waals surface area contributed by atoms with Crippen LogP contribution in [0, 0.1) is 31.3 Å². The smallest absolute Gasteiger partial charge is 0.138 e. The molecule has 0 atom stereocenters. The first-order chi connectivity index (χ1) is 31.4. The molecular formula is C53H43IrN3O2-2. The van der Waals surface area contributed by atoms with Gasteiger partial charge in [0.2, 0.25) is 0 Å². The second-order valence-electron chi connectivity index (χ2n) is 15.0. The summed E-state index contributed by atoms with van der Waals surface area (Å²) in [4.78, 5) is 11.1. The average molecular weight is 954 g/mol. The SMILES string of the molecule is [2H]C([2H])([2H])c1c[c-]c(-c2cc(-c3ccccc3)c(C([2H])([2H])[2H])cn2)cc1-c1ccccc1.[2H]C([2H])(c1ccnc(-c2[c-]cc3c4c2Oc2ccccc2N4c2ccccc2O3)c1)C(C)(C)C.[Ir]. The summed E-state index contributed by atoms with van der Waals surface area (Å²) in [5.41, 5.74) is 8.04. The molecule has 0 spiro atoms. The van der Waals surface area contributed by atoms with Gasteiger partial charge in [0.05, 0.1) is 22.9 Å². The molecule has 4 heterocycles. The van der Waals surface area contributed by atoms with Crippen LogP contribution in [0.1, 0.15) is 48.4 Å². The van der Waals surface area contributed by atoms with Crippen LogP contribution >= 0.6 is 0 Å². The molecule has 8 aromatic rings. The van der Waals surface area contributed by atoms with Crippen molar-refractivity contribution in [3.8, 4) is 67.8 Å². The van der Waals surface area contributed by atoms with Crippen molar-refractivity contribution >= 4 is 17.1 Å². The Labute approximate surface area is 372 Å². The van der Waals surface area contributed by atoms with E-state index in [1.165, 1.54) is 12.3 Å². The predicted octanol–water partition coefficient (Wildman–Crippen LogP) is 14.3. The minimum absolute atomic E-state index is 0. The van der Waals surface area contributed by atoms with E-state index < -0.39 is 25.5 Å². The Morgan fingerprint density at radius 1 is 0.644 bits per heavy atom. The fraction of sp³-hybridized carbons (Fsp3) is 0.132. The van der Waals surface area contributed by atoms with Crippen LogP contribution in [0.3, 0.4) is 0 Å². The number of anilines is 3. The molecule has 0 aliphatic carbocycles. The van der Waals surface area contributed by atoms with E-state index in [4.69, 9.17) is 20.4 Å². The van der Waals surface area contributed by atoms with Crippen molar-refractivity contribution in [1.29, 1.82) is 0 Å². The summed E-state index contributed by atoms with van der Waals surface area (Å²) in [5.74, 6) is 2.72. The van der Waals surface area contributed by atoms with Crippen molar-refractivity contribution in [2.75, 3.05) is 4.90 Å². The Morgan fingerprint density at radius 2 is 1.27 bits per heavy atom. The van der Waals surface area contributed by atoms with E-state index in [1.54, 1.807) is 36.5 Å². The Kier molecular flexibility index (Phi) is 8.59. The number of pyridine rings is 2. The zero-order valence-electron chi connectivity index (χ0n) is 40.5. The van der Waals surface area contributed by atoms with Crippen LogP contribution in [0.2, 0.25) is 0 Å². The molecule has 2 aliphatic heterocycles. The second kappa shape index (κ2) is 16.5. The van der Waals surface area contributed by atoms with Gasteiger partial charge in [-0.25, -0.2) is 0 Å². The van der Waals surface area contributed by atoms with E-state index in [0.717, 1.165) is 39.7 Å². The van der Waals surface area contributed by atoms with Gasteiger partial charge in [-0.2, -0.15) is 0 Å². The molecule has 1 radical (unpaired) electrons. The Bertz CT molecular complexity index is 2990. The fourth-order valence-corrected chi connectivity index (χ4v) is 7.17. The van der Waals surface area contributed by atoms with Crippen LogP contribution in [0.25, 0.3) is 44.8 Å². The summed E-state index contributed by atoms with van der Waals surface area (Å²) in [6.07, 6.45) is 1.48.